The van der Waals surface area contributed by atoms with Crippen molar-refractivity contribution >= 4 is 5.82 Å². The molecule has 3 rings (SSSR count). The summed E-state index contributed by atoms with van der Waals surface area (Å²) < 4.78 is 0. The van der Waals surface area contributed by atoms with E-state index in [1.165, 1.54) is 57.2 Å². The molecule has 20 heavy (non-hydrogen) atoms. The number of nitrogens with zero attached hydrogens (tertiary/aromatic N) is 2. The van der Waals surface area contributed by atoms with Crippen LogP contribution in [0.3, 0.4) is 0 Å². The number of hydrogen-bond donors (Lipinski definition) is 1. The summed E-state index contributed by atoms with van der Waals surface area (Å²) in [5.74, 6) is 1.16. The molecule has 0 radical (unpaired) electrons. The van der Waals surface area contributed by atoms with E-state index in [9.17, 15) is 0 Å². The molecule has 1 aliphatic carbocycles. The molecule has 1 N–H and O–H groups in total. The molecule has 1 saturated heterocycles. The summed E-state index contributed by atoms with van der Waals surface area (Å²) in [6, 6.07) is 4.77. The Morgan fingerprint density at radius 3 is 2.55 bits per heavy atom. The Labute approximate surface area is 122 Å². The monoisotopic (exact) mass is 273 g/mol. The van der Waals surface area contributed by atoms with Crippen molar-refractivity contribution < 1.29 is 0 Å². The zero-order valence-electron chi connectivity index (χ0n) is 12.9. The molecule has 0 bridgehead atoms. The van der Waals surface area contributed by atoms with Crippen LogP contribution >= 0.6 is 0 Å². The first-order valence-electron chi connectivity index (χ1n) is 8.11. The van der Waals surface area contributed by atoms with Crippen LogP contribution in [0.4, 0.5) is 5.82 Å². The first-order valence-corrected chi connectivity index (χ1v) is 8.11. The smallest absolute Gasteiger partial charge is 0.128 e. The van der Waals surface area contributed by atoms with Crippen molar-refractivity contribution in [3.05, 3.63) is 23.9 Å². The largest absolute Gasteiger partial charge is 0.357 e. The van der Waals surface area contributed by atoms with Crippen LogP contribution in [-0.2, 0) is 0 Å². The van der Waals surface area contributed by atoms with Crippen molar-refractivity contribution in [2.45, 2.75) is 51.5 Å². The minimum absolute atomic E-state index is 0.391. The van der Waals surface area contributed by atoms with Gasteiger partial charge in [-0.1, -0.05) is 12.8 Å². The van der Waals surface area contributed by atoms with Gasteiger partial charge in [-0.2, -0.15) is 0 Å². The van der Waals surface area contributed by atoms with E-state index in [2.05, 4.69) is 34.3 Å². The van der Waals surface area contributed by atoms with Gasteiger partial charge in [0.25, 0.3) is 0 Å². The van der Waals surface area contributed by atoms with Crippen LogP contribution < -0.4 is 10.2 Å². The topological polar surface area (TPSA) is 28.2 Å². The quantitative estimate of drug-likeness (QED) is 0.913. The van der Waals surface area contributed by atoms with Gasteiger partial charge in [-0.25, -0.2) is 4.98 Å². The van der Waals surface area contributed by atoms with Crippen molar-refractivity contribution in [1.29, 1.82) is 0 Å². The Morgan fingerprint density at radius 1 is 1.20 bits per heavy atom. The van der Waals surface area contributed by atoms with Crippen LogP contribution in [0, 0.1) is 5.41 Å². The number of nitrogens with one attached hydrogen (secondary N) is 1. The van der Waals surface area contributed by atoms with Gasteiger partial charge in [-0.3, -0.25) is 0 Å². The molecular formula is C17H27N3. The highest BCUT2D eigenvalue weighted by molar-refractivity contribution is 5.42. The van der Waals surface area contributed by atoms with Crippen LogP contribution in [0.1, 0.15) is 57.1 Å². The van der Waals surface area contributed by atoms with E-state index in [1.807, 2.05) is 13.2 Å². The van der Waals surface area contributed by atoms with E-state index >= 15 is 0 Å². The van der Waals surface area contributed by atoms with Gasteiger partial charge in [0.05, 0.1) is 0 Å². The van der Waals surface area contributed by atoms with Gasteiger partial charge in [0.15, 0.2) is 0 Å². The van der Waals surface area contributed by atoms with Crippen LogP contribution in [0.5, 0.6) is 0 Å². The minimum Gasteiger partial charge on any atom is -0.357 e. The average Bonchev–Trinajstić information content (AvgIpc) is 2.95. The Morgan fingerprint density at radius 2 is 1.90 bits per heavy atom. The molecule has 1 saturated carbocycles. The SMILES string of the molecule is CNC(C)c1ccnc(N2CCC3(CCCC3)CC2)c1. The lowest BCUT2D eigenvalue weighted by Crippen LogP contribution is -2.39. The molecule has 110 valence electrons. The molecule has 3 nitrogen and oxygen atoms in total. The molecule has 2 fully saturated rings. The van der Waals surface area contributed by atoms with E-state index in [-0.39, 0.29) is 0 Å². The van der Waals surface area contributed by atoms with Crippen molar-refractivity contribution in [2.24, 2.45) is 5.41 Å². The van der Waals surface area contributed by atoms with Crippen LogP contribution in [0.2, 0.25) is 0 Å². The molecule has 1 aliphatic heterocycles. The maximum Gasteiger partial charge on any atom is 0.128 e. The van der Waals surface area contributed by atoms with Gasteiger partial charge >= 0.3 is 0 Å². The van der Waals surface area contributed by atoms with Gasteiger partial charge in [0, 0.05) is 25.3 Å². The van der Waals surface area contributed by atoms with Crippen LogP contribution in [-0.4, -0.2) is 25.1 Å². The van der Waals surface area contributed by atoms with E-state index in [1.54, 1.807) is 0 Å². The zero-order valence-corrected chi connectivity index (χ0v) is 12.9. The fraction of sp³-hybridized carbons (Fsp3) is 0.706. The summed E-state index contributed by atoms with van der Waals surface area (Å²) in [5.41, 5.74) is 2.02. The second kappa shape index (κ2) is 5.72. The average molecular weight is 273 g/mol. The second-order valence-corrected chi connectivity index (χ2v) is 6.65. The summed E-state index contributed by atoms with van der Waals surface area (Å²) in [6.07, 6.45) is 10.5. The lowest BCUT2D eigenvalue weighted by molar-refractivity contribution is 0.226. The second-order valence-electron chi connectivity index (χ2n) is 6.65. The molecule has 0 aromatic carbocycles. The zero-order chi connectivity index (χ0) is 14.0. The molecule has 1 atom stereocenters. The molecule has 1 aromatic rings. The van der Waals surface area contributed by atoms with E-state index in [0.717, 1.165) is 5.82 Å². The summed E-state index contributed by atoms with van der Waals surface area (Å²) >= 11 is 0. The summed E-state index contributed by atoms with van der Waals surface area (Å²) in [6.45, 7) is 4.57. The van der Waals surface area contributed by atoms with Crippen LogP contribution in [0.15, 0.2) is 18.3 Å². The highest BCUT2D eigenvalue weighted by Crippen LogP contribution is 2.46. The molecule has 1 unspecified atom stereocenters. The highest BCUT2D eigenvalue weighted by atomic mass is 15.2. The Kier molecular flexibility index (Phi) is 3.97. The fourth-order valence-corrected chi connectivity index (χ4v) is 3.88. The fourth-order valence-electron chi connectivity index (χ4n) is 3.88. The number of aromatic nitrogens is 1. The van der Waals surface area contributed by atoms with Crippen LogP contribution in [0.25, 0.3) is 0 Å². The molecule has 0 amide bonds. The predicted molar refractivity (Wildman–Crippen MR) is 84.1 cm³/mol. The lowest BCUT2D eigenvalue weighted by atomic mass is 9.77. The minimum atomic E-state index is 0.391. The van der Waals surface area contributed by atoms with E-state index < -0.39 is 0 Å². The number of piperidine rings is 1. The third-order valence-electron chi connectivity index (χ3n) is 5.51. The van der Waals surface area contributed by atoms with Crippen molar-refractivity contribution in [3.8, 4) is 0 Å². The van der Waals surface area contributed by atoms with E-state index in [4.69, 9.17) is 0 Å². The number of hydrogen-bond acceptors (Lipinski definition) is 3. The molecular weight excluding hydrogens is 246 g/mol. The van der Waals surface area contributed by atoms with Gasteiger partial charge < -0.3 is 10.2 Å². The maximum atomic E-state index is 4.59. The normalized spacial score (nSPS) is 23.2. The third-order valence-corrected chi connectivity index (χ3v) is 5.51. The van der Waals surface area contributed by atoms with Gasteiger partial charge in [0.1, 0.15) is 5.82 Å². The molecule has 2 heterocycles. The summed E-state index contributed by atoms with van der Waals surface area (Å²) in [4.78, 5) is 7.07. The van der Waals surface area contributed by atoms with Gasteiger partial charge in [-0.15, -0.1) is 0 Å². The van der Waals surface area contributed by atoms with Crippen molar-refractivity contribution in [3.63, 3.8) is 0 Å². The molecule has 1 spiro atoms. The number of anilines is 1. The Hall–Kier alpha value is -1.09. The summed E-state index contributed by atoms with van der Waals surface area (Å²) in [7, 11) is 2.01. The van der Waals surface area contributed by atoms with Crippen molar-refractivity contribution in [1.82, 2.24) is 10.3 Å². The number of rotatable bonds is 3. The summed E-state index contributed by atoms with van der Waals surface area (Å²) in [5, 5.41) is 3.30. The molecule has 3 heteroatoms. The standard InChI is InChI=1S/C17H27N3/c1-14(18-2)15-5-10-19-16(13-15)20-11-8-17(9-12-20)6-3-4-7-17/h5,10,13-14,18H,3-4,6-9,11-12H2,1-2H3. The number of pyridine rings is 1. The first kappa shape index (κ1) is 13.9. The van der Waals surface area contributed by atoms with Gasteiger partial charge in [-0.05, 0) is 62.8 Å². The highest BCUT2D eigenvalue weighted by Gasteiger charge is 2.37. The maximum absolute atomic E-state index is 4.59. The lowest BCUT2D eigenvalue weighted by Gasteiger charge is -2.40. The molecule has 1 aromatic heterocycles. The predicted octanol–water partition coefficient (Wildman–Crippen LogP) is 3.52. The van der Waals surface area contributed by atoms with Gasteiger partial charge in [0.2, 0.25) is 0 Å². The first-order chi connectivity index (χ1) is 9.72. The van der Waals surface area contributed by atoms with Crippen molar-refractivity contribution in [2.75, 3.05) is 25.0 Å². The van der Waals surface area contributed by atoms with E-state index in [0.29, 0.717) is 11.5 Å². The Balaban J connectivity index is 1.68. The third kappa shape index (κ3) is 2.69. The Bertz CT molecular complexity index is 441. The molecule has 2 aliphatic rings.